The molecule has 0 saturated carbocycles. The highest BCUT2D eigenvalue weighted by molar-refractivity contribution is 6.31. The Morgan fingerprint density at radius 2 is 2.03 bits per heavy atom. The number of nitrogens with zero attached hydrogens (tertiary/aromatic N) is 1. The van der Waals surface area contributed by atoms with Gasteiger partial charge in [0, 0.05) is 22.8 Å². The molecule has 0 amide bonds. The molecule has 0 aromatic heterocycles. The van der Waals surface area contributed by atoms with E-state index in [0.29, 0.717) is 17.0 Å². The second-order valence-corrected chi connectivity index (χ2v) is 6.96. The van der Waals surface area contributed by atoms with Crippen molar-refractivity contribution >= 4 is 17.6 Å². The summed E-state index contributed by atoms with van der Waals surface area (Å²) in [7, 11) is 1.17. The summed E-state index contributed by atoms with van der Waals surface area (Å²) in [6.07, 6.45) is -4.96. The van der Waals surface area contributed by atoms with Crippen LogP contribution in [0, 0.1) is 12.4 Å². The molecule has 1 heterocycles. The minimum absolute atomic E-state index is 0.0312. The molecule has 2 rings (SSSR count). The van der Waals surface area contributed by atoms with E-state index in [9.17, 15) is 22.4 Å². The first-order valence-corrected chi connectivity index (χ1v) is 9.15. The number of hydrogen-bond acceptors (Lipinski definition) is 3. The maximum Gasteiger partial charge on any atom is 0.389 e. The molecule has 1 unspecified atom stereocenters. The second-order valence-electron chi connectivity index (χ2n) is 6.55. The van der Waals surface area contributed by atoms with Crippen molar-refractivity contribution in [2.75, 3.05) is 7.11 Å². The molecule has 1 aromatic rings. The van der Waals surface area contributed by atoms with E-state index in [4.69, 9.17) is 22.9 Å². The molecule has 1 atom stereocenters. The topological polar surface area (TPSA) is 42.7 Å². The van der Waals surface area contributed by atoms with Gasteiger partial charge >= 0.3 is 12.1 Å². The molecular formula is C20H19ClF4N2O2. The zero-order valence-electron chi connectivity index (χ0n) is 15.8. The lowest BCUT2D eigenvalue weighted by atomic mass is 9.83. The van der Waals surface area contributed by atoms with Crippen LogP contribution in [0.3, 0.4) is 0 Å². The Balaban J connectivity index is 2.49. The van der Waals surface area contributed by atoms with Crippen LogP contribution in [0.1, 0.15) is 44.1 Å². The molecule has 1 aliphatic rings. The molecule has 0 saturated heterocycles. The van der Waals surface area contributed by atoms with Crippen LogP contribution in [0.4, 0.5) is 17.6 Å². The van der Waals surface area contributed by atoms with Crippen LogP contribution in [0.15, 0.2) is 40.9 Å². The fraction of sp³-hybridized carbons (Fsp3) is 0.400. The first-order chi connectivity index (χ1) is 13.6. The number of dihydropyridines is 1. The molecule has 156 valence electrons. The smallest absolute Gasteiger partial charge is 0.389 e. The van der Waals surface area contributed by atoms with Gasteiger partial charge in [0.25, 0.3) is 0 Å². The number of ether oxygens (including phenoxy) is 1. The molecule has 0 aliphatic carbocycles. The predicted molar refractivity (Wildman–Crippen MR) is 100 cm³/mol. The fourth-order valence-electron chi connectivity index (χ4n) is 3.25. The highest BCUT2D eigenvalue weighted by atomic mass is 35.5. The maximum atomic E-state index is 13.5. The van der Waals surface area contributed by atoms with Gasteiger partial charge in [-0.1, -0.05) is 17.7 Å². The zero-order valence-corrected chi connectivity index (χ0v) is 16.5. The average molecular weight is 431 g/mol. The average Bonchev–Trinajstić information content (AvgIpc) is 2.63. The quantitative estimate of drug-likeness (QED) is 0.266. The number of nitrogens with one attached hydrogen (secondary N) is 1. The number of rotatable bonds is 6. The third kappa shape index (κ3) is 5.51. The van der Waals surface area contributed by atoms with E-state index in [2.05, 4.69) is 10.2 Å². The summed E-state index contributed by atoms with van der Waals surface area (Å²) in [5.74, 6) is -2.22. The molecule has 1 N–H and O–H groups in total. The number of esters is 1. The minimum Gasteiger partial charge on any atom is -0.466 e. The Kier molecular flexibility index (Phi) is 7.31. The van der Waals surface area contributed by atoms with Crippen molar-refractivity contribution in [2.24, 2.45) is 0 Å². The van der Waals surface area contributed by atoms with Crippen molar-refractivity contribution < 1.29 is 27.1 Å². The molecule has 4 nitrogen and oxygen atoms in total. The summed E-state index contributed by atoms with van der Waals surface area (Å²) < 4.78 is 55.6. The van der Waals surface area contributed by atoms with Crippen molar-refractivity contribution in [2.45, 2.75) is 44.7 Å². The van der Waals surface area contributed by atoms with Crippen LogP contribution in [0.5, 0.6) is 0 Å². The van der Waals surface area contributed by atoms with Crippen LogP contribution < -0.4 is 5.32 Å². The van der Waals surface area contributed by atoms with Gasteiger partial charge in [-0.15, -0.1) is 0 Å². The normalized spacial score (nSPS) is 17.1. The highest BCUT2D eigenvalue weighted by Gasteiger charge is 2.36. The number of alkyl halides is 3. The van der Waals surface area contributed by atoms with Crippen molar-refractivity contribution in [1.82, 2.24) is 5.32 Å². The van der Waals surface area contributed by atoms with E-state index in [1.54, 1.807) is 6.92 Å². The van der Waals surface area contributed by atoms with Crippen molar-refractivity contribution in [3.05, 3.63) is 68.7 Å². The van der Waals surface area contributed by atoms with Crippen LogP contribution >= 0.6 is 11.6 Å². The molecule has 29 heavy (non-hydrogen) atoms. The molecule has 1 aromatic carbocycles. The van der Waals surface area contributed by atoms with E-state index in [0.717, 1.165) is 12.1 Å². The van der Waals surface area contributed by atoms with Crippen molar-refractivity contribution in [3.63, 3.8) is 0 Å². The van der Waals surface area contributed by atoms with Gasteiger partial charge in [0.05, 0.1) is 25.2 Å². The monoisotopic (exact) mass is 430 g/mol. The summed E-state index contributed by atoms with van der Waals surface area (Å²) in [5.41, 5.74) is 1.42. The van der Waals surface area contributed by atoms with Gasteiger partial charge in [-0.05, 0) is 43.9 Å². The van der Waals surface area contributed by atoms with Gasteiger partial charge in [-0.2, -0.15) is 13.2 Å². The highest BCUT2D eigenvalue weighted by Crippen LogP contribution is 2.43. The Bertz CT molecular complexity index is 901. The van der Waals surface area contributed by atoms with E-state index < -0.39 is 30.3 Å². The first kappa shape index (κ1) is 22.8. The van der Waals surface area contributed by atoms with Gasteiger partial charge in [0.1, 0.15) is 5.82 Å². The van der Waals surface area contributed by atoms with E-state index >= 15 is 0 Å². The number of halogens is 5. The molecule has 0 fully saturated rings. The third-order valence-corrected chi connectivity index (χ3v) is 4.87. The predicted octanol–water partition coefficient (Wildman–Crippen LogP) is 5.87. The van der Waals surface area contributed by atoms with Crippen molar-refractivity contribution in [1.29, 1.82) is 0 Å². The zero-order chi connectivity index (χ0) is 21.8. The number of unbranched alkanes of at least 4 members (excludes halogenated alkanes) is 1. The molecule has 9 heteroatoms. The third-order valence-electron chi connectivity index (χ3n) is 4.55. The largest absolute Gasteiger partial charge is 0.466 e. The van der Waals surface area contributed by atoms with Gasteiger partial charge in [0.15, 0.2) is 5.70 Å². The van der Waals surface area contributed by atoms with Gasteiger partial charge in [-0.3, -0.25) is 0 Å². The molecule has 1 aliphatic heterocycles. The second kappa shape index (κ2) is 9.31. The minimum atomic E-state index is -4.25. The van der Waals surface area contributed by atoms with Crippen molar-refractivity contribution in [3.8, 4) is 0 Å². The maximum absolute atomic E-state index is 13.5. The number of hydrogen-bond donors (Lipinski definition) is 1. The van der Waals surface area contributed by atoms with Crippen LogP contribution in [-0.2, 0) is 9.53 Å². The lowest BCUT2D eigenvalue weighted by Gasteiger charge is -2.30. The summed E-state index contributed by atoms with van der Waals surface area (Å²) in [5, 5.41) is 2.99. The van der Waals surface area contributed by atoms with E-state index in [-0.39, 0.29) is 35.6 Å². The number of carbonyl (C=O) groups is 1. The number of carbonyl (C=O) groups excluding carboxylic acids is 1. The fourth-order valence-corrected chi connectivity index (χ4v) is 3.52. The Morgan fingerprint density at radius 3 is 2.59 bits per heavy atom. The van der Waals surface area contributed by atoms with E-state index in [1.807, 2.05) is 0 Å². The Labute approximate surface area is 171 Å². The van der Waals surface area contributed by atoms with Crippen LogP contribution in [-0.4, -0.2) is 19.3 Å². The lowest BCUT2D eigenvalue weighted by Crippen LogP contribution is -2.29. The number of benzene rings is 1. The van der Waals surface area contributed by atoms with E-state index in [1.165, 1.54) is 13.2 Å². The Hall–Kier alpha value is -2.53. The molecule has 0 radical (unpaired) electrons. The van der Waals surface area contributed by atoms with Gasteiger partial charge in [-0.25, -0.2) is 14.0 Å². The lowest BCUT2D eigenvalue weighted by molar-refractivity contribution is -0.137. The van der Waals surface area contributed by atoms with Gasteiger partial charge < -0.3 is 10.1 Å². The SMILES string of the molecule is [C-]#[N+]C1=C(C)NC(CCCCC(F)(F)F)=C(C(=O)OC)C1c1ccc(F)cc1Cl. The molecule has 0 bridgehead atoms. The summed E-state index contributed by atoms with van der Waals surface area (Å²) in [6.45, 7) is 9.15. The Morgan fingerprint density at radius 1 is 1.34 bits per heavy atom. The summed E-state index contributed by atoms with van der Waals surface area (Å²) in [4.78, 5) is 16.1. The first-order valence-electron chi connectivity index (χ1n) is 8.77. The summed E-state index contributed by atoms with van der Waals surface area (Å²) in [6, 6.07) is 3.63. The van der Waals surface area contributed by atoms with Crippen LogP contribution in [0.25, 0.3) is 4.85 Å². The number of allylic oxidation sites excluding steroid dienone is 3. The molecular weight excluding hydrogens is 412 g/mol. The summed E-state index contributed by atoms with van der Waals surface area (Å²) >= 11 is 6.19. The van der Waals surface area contributed by atoms with Crippen LogP contribution in [0.2, 0.25) is 5.02 Å². The standard InChI is InChI=1S/C20H19ClF4N2O2/c1-11-18(26-2)16(13-8-7-12(22)10-14(13)21)17(19(28)29-3)15(27-11)6-4-5-9-20(23,24)25/h7-8,10,16,27H,4-6,9H2,1,3H3. The number of methoxy groups -OCH3 is 1. The van der Waals surface area contributed by atoms with Gasteiger partial charge in [0.2, 0.25) is 0 Å². The molecule has 0 spiro atoms.